The van der Waals surface area contributed by atoms with E-state index in [0.29, 0.717) is 19.4 Å². The topological polar surface area (TPSA) is 93.1 Å². The Morgan fingerprint density at radius 2 is 2.11 bits per heavy atom. The van der Waals surface area contributed by atoms with Gasteiger partial charge in [0.15, 0.2) is 6.29 Å². The zero-order valence-electron chi connectivity index (χ0n) is 10.2. The van der Waals surface area contributed by atoms with E-state index in [4.69, 9.17) is 14.0 Å². The highest BCUT2D eigenvalue weighted by molar-refractivity contribution is 7.87. The van der Waals surface area contributed by atoms with Crippen LogP contribution in [-0.2, 0) is 19.6 Å². The Hall–Kier alpha value is -0.210. The molecule has 0 aromatic heterocycles. The molecule has 1 saturated heterocycles. The number of hydrogen-bond acceptors (Lipinski definition) is 5. The zero-order chi connectivity index (χ0) is 13.2. The van der Waals surface area contributed by atoms with E-state index in [1.165, 1.54) is 0 Å². The Bertz CT molecular complexity index is 369. The minimum Gasteiger partial charge on any atom is -0.391 e. The van der Waals surface area contributed by atoms with Crippen molar-refractivity contribution in [1.29, 1.82) is 0 Å². The summed E-state index contributed by atoms with van der Waals surface area (Å²) in [6, 6.07) is 0. The molecule has 1 aliphatic heterocycles. The third-order valence-corrected chi connectivity index (χ3v) is 5.24. The molecule has 2 aliphatic rings. The fourth-order valence-electron chi connectivity index (χ4n) is 2.26. The van der Waals surface area contributed by atoms with Gasteiger partial charge in [-0.1, -0.05) is 0 Å². The van der Waals surface area contributed by atoms with E-state index in [2.05, 4.69) is 0 Å². The van der Waals surface area contributed by atoms with Crippen LogP contribution < -0.4 is 0 Å². The lowest BCUT2D eigenvalue weighted by Crippen LogP contribution is -2.32. The molecular formula is C11H20O6S. The van der Waals surface area contributed by atoms with Crippen molar-refractivity contribution in [2.75, 3.05) is 13.2 Å². The summed E-state index contributed by atoms with van der Waals surface area (Å²) in [7, 11) is -4.08. The molecule has 1 saturated carbocycles. The van der Waals surface area contributed by atoms with Crippen LogP contribution >= 0.6 is 0 Å². The predicted octanol–water partition coefficient (Wildman–Crippen LogP) is 0.701. The van der Waals surface area contributed by atoms with Gasteiger partial charge in [0.1, 0.15) is 4.75 Å². The first-order valence-electron chi connectivity index (χ1n) is 6.31. The van der Waals surface area contributed by atoms with Gasteiger partial charge in [-0.3, -0.25) is 4.55 Å². The summed E-state index contributed by atoms with van der Waals surface area (Å²) in [5, 5.41) is 9.76. The third kappa shape index (κ3) is 3.42. The average Bonchev–Trinajstić information content (AvgIpc) is 3.08. The van der Waals surface area contributed by atoms with Crippen LogP contribution in [0.25, 0.3) is 0 Å². The molecule has 18 heavy (non-hydrogen) atoms. The van der Waals surface area contributed by atoms with Gasteiger partial charge in [0.05, 0.1) is 12.7 Å². The van der Waals surface area contributed by atoms with E-state index in [1.807, 2.05) is 0 Å². The van der Waals surface area contributed by atoms with Crippen molar-refractivity contribution in [1.82, 2.24) is 0 Å². The Labute approximate surface area is 107 Å². The second kappa shape index (κ2) is 5.42. The molecule has 1 heterocycles. The smallest absolute Gasteiger partial charge is 0.270 e. The van der Waals surface area contributed by atoms with Gasteiger partial charge in [-0.15, -0.1) is 0 Å². The fourth-order valence-corrected chi connectivity index (χ4v) is 3.28. The van der Waals surface area contributed by atoms with Crippen molar-refractivity contribution in [3.05, 3.63) is 0 Å². The quantitative estimate of drug-likeness (QED) is 0.696. The first kappa shape index (κ1) is 14.2. The molecule has 0 amide bonds. The minimum absolute atomic E-state index is 0.0263. The van der Waals surface area contributed by atoms with E-state index in [1.54, 1.807) is 0 Å². The molecule has 0 unspecified atom stereocenters. The lowest BCUT2D eigenvalue weighted by molar-refractivity contribution is -0.175. The standard InChI is InChI=1S/C11H20O6S/c12-9(7-11(4-5-11)18(13,14)15)8-17-10-3-1-2-6-16-10/h9-10,12H,1-8H2,(H,13,14,15)/t9-,10-/m1/s1. The lowest BCUT2D eigenvalue weighted by Gasteiger charge is -2.24. The fraction of sp³-hybridized carbons (Fsp3) is 1.00. The highest BCUT2D eigenvalue weighted by Crippen LogP contribution is 2.46. The number of aliphatic hydroxyl groups excluding tert-OH is 1. The Morgan fingerprint density at radius 1 is 1.39 bits per heavy atom. The van der Waals surface area contributed by atoms with E-state index in [9.17, 15) is 13.5 Å². The third-order valence-electron chi connectivity index (χ3n) is 3.57. The van der Waals surface area contributed by atoms with Gasteiger partial charge in [0.25, 0.3) is 10.1 Å². The highest BCUT2D eigenvalue weighted by Gasteiger charge is 2.54. The van der Waals surface area contributed by atoms with Crippen LogP contribution in [0.15, 0.2) is 0 Å². The van der Waals surface area contributed by atoms with Crippen LogP contribution in [0.2, 0.25) is 0 Å². The summed E-state index contributed by atoms with van der Waals surface area (Å²) in [5.74, 6) is 0. The molecule has 106 valence electrons. The molecule has 2 fully saturated rings. The molecule has 2 N–H and O–H groups in total. The SMILES string of the molecule is O=S(=O)(O)C1(C[C@@H](O)CO[C@@H]2CCCCO2)CC1. The average molecular weight is 280 g/mol. The van der Waals surface area contributed by atoms with Crippen LogP contribution in [0.4, 0.5) is 0 Å². The van der Waals surface area contributed by atoms with Crippen molar-refractivity contribution in [3.8, 4) is 0 Å². The van der Waals surface area contributed by atoms with Crippen molar-refractivity contribution in [2.24, 2.45) is 0 Å². The molecule has 0 bridgehead atoms. The summed E-state index contributed by atoms with van der Waals surface area (Å²) in [4.78, 5) is 0. The molecule has 6 nitrogen and oxygen atoms in total. The molecule has 2 atom stereocenters. The van der Waals surface area contributed by atoms with Crippen LogP contribution in [0.5, 0.6) is 0 Å². The van der Waals surface area contributed by atoms with Crippen LogP contribution in [0, 0.1) is 0 Å². The first-order valence-corrected chi connectivity index (χ1v) is 7.75. The number of rotatable bonds is 6. The van der Waals surface area contributed by atoms with Crippen molar-refractivity contribution in [2.45, 2.75) is 55.7 Å². The van der Waals surface area contributed by atoms with Crippen LogP contribution in [0.1, 0.15) is 38.5 Å². The molecule has 7 heteroatoms. The first-order chi connectivity index (χ1) is 8.43. The number of hydrogen-bond donors (Lipinski definition) is 2. The number of ether oxygens (including phenoxy) is 2. The molecular weight excluding hydrogens is 260 g/mol. The number of aliphatic hydroxyl groups is 1. The highest BCUT2D eigenvalue weighted by atomic mass is 32.2. The van der Waals surface area contributed by atoms with E-state index < -0.39 is 21.0 Å². The van der Waals surface area contributed by atoms with Crippen LogP contribution in [-0.4, -0.2) is 48.4 Å². The van der Waals surface area contributed by atoms with Gasteiger partial charge in [-0.2, -0.15) is 8.42 Å². The Balaban J connectivity index is 1.74. The Morgan fingerprint density at radius 3 is 2.61 bits per heavy atom. The summed E-state index contributed by atoms with van der Waals surface area (Å²) in [5.41, 5.74) is 0. The monoisotopic (exact) mass is 280 g/mol. The van der Waals surface area contributed by atoms with E-state index in [0.717, 1.165) is 19.3 Å². The van der Waals surface area contributed by atoms with Gasteiger partial charge >= 0.3 is 0 Å². The molecule has 0 spiro atoms. The second-order valence-electron chi connectivity index (χ2n) is 5.15. The molecule has 1 aliphatic carbocycles. The van der Waals surface area contributed by atoms with Gasteiger partial charge in [-0.25, -0.2) is 0 Å². The van der Waals surface area contributed by atoms with Crippen molar-refractivity contribution < 1.29 is 27.6 Å². The van der Waals surface area contributed by atoms with E-state index >= 15 is 0 Å². The zero-order valence-corrected chi connectivity index (χ0v) is 11.1. The lowest BCUT2D eigenvalue weighted by atomic mass is 10.2. The van der Waals surface area contributed by atoms with Crippen molar-refractivity contribution in [3.63, 3.8) is 0 Å². The second-order valence-corrected chi connectivity index (χ2v) is 6.96. The summed E-state index contributed by atoms with van der Waals surface area (Å²) in [6.07, 6.45) is 2.51. The summed E-state index contributed by atoms with van der Waals surface area (Å²) >= 11 is 0. The maximum absolute atomic E-state index is 11.1. The van der Waals surface area contributed by atoms with Gasteiger partial charge in [-0.05, 0) is 38.5 Å². The minimum atomic E-state index is -4.08. The van der Waals surface area contributed by atoms with E-state index in [-0.39, 0.29) is 19.3 Å². The van der Waals surface area contributed by atoms with Gasteiger partial charge in [0, 0.05) is 6.61 Å². The van der Waals surface area contributed by atoms with Gasteiger partial charge in [0.2, 0.25) is 0 Å². The Kier molecular flexibility index (Phi) is 4.28. The maximum Gasteiger partial charge on any atom is 0.270 e. The summed E-state index contributed by atoms with van der Waals surface area (Å²) in [6.45, 7) is 0.706. The summed E-state index contributed by atoms with van der Waals surface area (Å²) < 4.78 is 40.9. The predicted molar refractivity (Wildman–Crippen MR) is 63.7 cm³/mol. The largest absolute Gasteiger partial charge is 0.391 e. The molecule has 2 rings (SSSR count). The van der Waals surface area contributed by atoms with Crippen molar-refractivity contribution >= 4 is 10.1 Å². The molecule has 0 aromatic carbocycles. The van der Waals surface area contributed by atoms with Crippen LogP contribution in [0.3, 0.4) is 0 Å². The molecule has 0 aromatic rings. The van der Waals surface area contributed by atoms with Gasteiger partial charge < -0.3 is 14.6 Å². The molecule has 0 radical (unpaired) electrons. The maximum atomic E-state index is 11.1. The normalized spacial score (nSPS) is 28.9.